The topological polar surface area (TPSA) is 79.4 Å². The molecule has 4 rings (SSSR count). The number of aromatic nitrogens is 2. The fraction of sp³-hybridized carbons (Fsp3) is 0.125. The third-order valence-electron chi connectivity index (χ3n) is 4.76. The minimum Gasteiger partial charge on any atom is -0.494 e. The lowest BCUT2D eigenvalue weighted by Gasteiger charge is -2.04. The van der Waals surface area contributed by atoms with Crippen LogP contribution in [0.4, 0.5) is 0 Å². The van der Waals surface area contributed by atoms with Crippen molar-refractivity contribution < 1.29 is 9.53 Å². The van der Waals surface area contributed by atoms with Crippen LogP contribution in [0.5, 0.6) is 5.75 Å². The Bertz CT molecular complexity index is 1230. The number of H-pyrrole nitrogens is 1. The van der Waals surface area contributed by atoms with Gasteiger partial charge in [0.15, 0.2) is 0 Å². The van der Waals surface area contributed by atoms with Crippen LogP contribution < -0.4 is 10.2 Å². The van der Waals surface area contributed by atoms with E-state index in [1.54, 1.807) is 6.07 Å². The second kappa shape index (κ2) is 8.61. The SMILES string of the molecule is CCOc1cccc(-c2cc(C(=O)NN=C(C)c3ccc4ccccc4c3)[nH]n2)c1. The number of carbonyl (C=O) groups excluding carboxylic acids is 1. The van der Waals surface area contributed by atoms with Gasteiger partial charge in [0.25, 0.3) is 5.91 Å². The molecule has 1 aromatic heterocycles. The molecule has 0 radical (unpaired) electrons. The lowest BCUT2D eigenvalue weighted by atomic mass is 10.0. The van der Waals surface area contributed by atoms with Crippen molar-refractivity contribution in [3.05, 3.63) is 84.1 Å². The predicted octanol–water partition coefficient (Wildman–Crippen LogP) is 4.78. The largest absolute Gasteiger partial charge is 0.494 e. The first-order valence-electron chi connectivity index (χ1n) is 9.76. The Labute approximate surface area is 174 Å². The zero-order valence-corrected chi connectivity index (χ0v) is 16.8. The van der Waals surface area contributed by atoms with Gasteiger partial charge >= 0.3 is 0 Å². The Morgan fingerprint density at radius 2 is 1.87 bits per heavy atom. The van der Waals surface area contributed by atoms with Gasteiger partial charge in [-0.15, -0.1) is 0 Å². The molecule has 0 saturated heterocycles. The summed E-state index contributed by atoms with van der Waals surface area (Å²) < 4.78 is 5.52. The predicted molar refractivity (Wildman–Crippen MR) is 119 cm³/mol. The number of amides is 1. The van der Waals surface area contributed by atoms with Gasteiger partial charge in [-0.3, -0.25) is 9.89 Å². The maximum atomic E-state index is 12.5. The molecule has 0 aliphatic carbocycles. The molecule has 4 aromatic rings. The third-order valence-corrected chi connectivity index (χ3v) is 4.76. The standard InChI is InChI=1S/C24H22N4O2/c1-3-30-21-10-6-9-20(14-21)22-15-23(27-26-22)24(29)28-25-16(2)18-12-11-17-7-4-5-8-19(17)13-18/h4-15H,3H2,1-2H3,(H,26,27)(H,28,29). The number of benzene rings is 3. The Hall–Kier alpha value is -3.93. The fourth-order valence-electron chi connectivity index (χ4n) is 3.17. The highest BCUT2D eigenvalue weighted by atomic mass is 16.5. The second-order valence-corrected chi connectivity index (χ2v) is 6.83. The highest BCUT2D eigenvalue weighted by Gasteiger charge is 2.11. The molecular weight excluding hydrogens is 376 g/mol. The van der Waals surface area contributed by atoms with E-state index < -0.39 is 0 Å². The van der Waals surface area contributed by atoms with Crippen LogP contribution in [0.15, 0.2) is 77.9 Å². The number of nitrogens with zero attached hydrogens (tertiary/aromatic N) is 2. The fourth-order valence-corrected chi connectivity index (χ4v) is 3.17. The van der Waals surface area contributed by atoms with Gasteiger partial charge in [-0.1, -0.05) is 48.5 Å². The van der Waals surface area contributed by atoms with Crippen LogP contribution in [-0.4, -0.2) is 28.4 Å². The van der Waals surface area contributed by atoms with Crippen LogP contribution in [0.1, 0.15) is 29.9 Å². The average molecular weight is 398 g/mol. The Balaban J connectivity index is 1.48. The molecule has 0 saturated carbocycles. The summed E-state index contributed by atoms with van der Waals surface area (Å²) in [7, 11) is 0. The van der Waals surface area contributed by atoms with Gasteiger partial charge in [-0.05, 0) is 54.4 Å². The highest BCUT2D eigenvalue weighted by molar-refractivity contribution is 6.03. The summed E-state index contributed by atoms with van der Waals surface area (Å²) in [4.78, 5) is 12.5. The van der Waals surface area contributed by atoms with Crippen LogP contribution in [-0.2, 0) is 0 Å². The van der Waals surface area contributed by atoms with Gasteiger partial charge in [0.1, 0.15) is 11.4 Å². The van der Waals surface area contributed by atoms with Crippen molar-refractivity contribution in [1.82, 2.24) is 15.6 Å². The first-order chi connectivity index (χ1) is 14.6. The van der Waals surface area contributed by atoms with E-state index in [1.807, 2.05) is 62.4 Å². The molecule has 3 aromatic carbocycles. The Morgan fingerprint density at radius 1 is 1.03 bits per heavy atom. The summed E-state index contributed by atoms with van der Waals surface area (Å²) in [5, 5.41) is 13.5. The van der Waals surface area contributed by atoms with E-state index in [0.717, 1.165) is 33.4 Å². The second-order valence-electron chi connectivity index (χ2n) is 6.83. The van der Waals surface area contributed by atoms with E-state index in [2.05, 4.69) is 38.9 Å². The monoisotopic (exact) mass is 398 g/mol. The van der Waals surface area contributed by atoms with Gasteiger partial charge in [-0.25, -0.2) is 5.43 Å². The van der Waals surface area contributed by atoms with Crippen LogP contribution in [0, 0.1) is 0 Å². The quantitative estimate of drug-likeness (QED) is 0.362. The van der Waals surface area contributed by atoms with Crippen molar-refractivity contribution in [2.45, 2.75) is 13.8 Å². The number of rotatable bonds is 6. The number of hydrazone groups is 1. The third kappa shape index (κ3) is 4.22. The van der Waals surface area contributed by atoms with Crippen LogP contribution >= 0.6 is 0 Å². The van der Waals surface area contributed by atoms with Crippen molar-refractivity contribution in [3.8, 4) is 17.0 Å². The average Bonchev–Trinajstić information content (AvgIpc) is 3.28. The molecule has 0 fully saturated rings. The van der Waals surface area contributed by atoms with E-state index in [1.165, 1.54) is 0 Å². The van der Waals surface area contributed by atoms with Gasteiger partial charge in [0.05, 0.1) is 18.0 Å². The number of carbonyl (C=O) groups is 1. The first kappa shape index (κ1) is 19.4. The zero-order valence-electron chi connectivity index (χ0n) is 16.8. The van der Waals surface area contributed by atoms with Crippen molar-refractivity contribution in [2.24, 2.45) is 5.10 Å². The highest BCUT2D eigenvalue weighted by Crippen LogP contribution is 2.23. The molecule has 150 valence electrons. The molecule has 1 heterocycles. The molecule has 0 bridgehead atoms. The lowest BCUT2D eigenvalue weighted by Crippen LogP contribution is -2.19. The number of ether oxygens (including phenoxy) is 1. The Kier molecular flexibility index (Phi) is 5.57. The molecule has 30 heavy (non-hydrogen) atoms. The summed E-state index contributed by atoms with van der Waals surface area (Å²) in [6.07, 6.45) is 0. The van der Waals surface area contributed by atoms with Crippen molar-refractivity contribution >= 4 is 22.4 Å². The molecule has 2 N–H and O–H groups in total. The summed E-state index contributed by atoms with van der Waals surface area (Å²) >= 11 is 0. The van der Waals surface area contributed by atoms with Crippen LogP contribution in [0.25, 0.3) is 22.0 Å². The molecule has 0 atom stereocenters. The van der Waals surface area contributed by atoms with Crippen molar-refractivity contribution in [2.75, 3.05) is 6.61 Å². The molecule has 6 heteroatoms. The minimum absolute atomic E-state index is 0.335. The summed E-state index contributed by atoms with van der Waals surface area (Å²) in [6, 6.07) is 23.5. The van der Waals surface area contributed by atoms with Crippen molar-refractivity contribution in [1.29, 1.82) is 0 Å². The number of aromatic amines is 1. The van der Waals surface area contributed by atoms with Crippen LogP contribution in [0.2, 0.25) is 0 Å². The number of hydrogen-bond acceptors (Lipinski definition) is 4. The Morgan fingerprint density at radius 3 is 2.70 bits per heavy atom. The molecule has 0 aliphatic rings. The van der Waals surface area contributed by atoms with Crippen molar-refractivity contribution in [3.63, 3.8) is 0 Å². The van der Waals surface area contributed by atoms with E-state index in [0.29, 0.717) is 18.0 Å². The lowest BCUT2D eigenvalue weighted by molar-refractivity contribution is 0.0950. The molecule has 6 nitrogen and oxygen atoms in total. The summed E-state index contributed by atoms with van der Waals surface area (Å²) in [5.41, 5.74) is 6.13. The molecule has 0 spiro atoms. The number of nitrogens with one attached hydrogen (secondary N) is 2. The maximum absolute atomic E-state index is 12.5. The first-order valence-corrected chi connectivity index (χ1v) is 9.76. The van der Waals surface area contributed by atoms with Gasteiger partial charge < -0.3 is 4.74 Å². The van der Waals surface area contributed by atoms with E-state index in [4.69, 9.17) is 4.74 Å². The van der Waals surface area contributed by atoms with Gasteiger partial charge in [0.2, 0.25) is 0 Å². The summed E-state index contributed by atoms with van der Waals surface area (Å²) in [6.45, 7) is 4.39. The summed E-state index contributed by atoms with van der Waals surface area (Å²) in [5.74, 6) is 0.412. The van der Waals surface area contributed by atoms with E-state index >= 15 is 0 Å². The number of hydrogen-bond donors (Lipinski definition) is 2. The molecule has 1 amide bonds. The minimum atomic E-state index is -0.352. The van der Waals surface area contributed by atoms with Gasteiger partial charge in [-0.2, -0.15) is 10.2 Å². The van der Waals surface area contributed by atoms with E-state index in [9.17, 15) is 4.79 Å². The van der Waals surface area contributed by atoms with Gasteiger partial charge in [0, 0.05) is 5.56 Å². The van der Waals surface area contributed by atoms with Crippen LogP contribution in [0.3, 0.4) is 0 Å². The normalized spacial score (nSPS) is 11.5. The smallest absolute Gasteiger partial charge is 0.289 e. The molecule has 0 aliphatic heterocycles. The number of fused-ring (bicyclic) bond motifs is 1. The van der Waals surface area contributed by atoms with E-state index in [-0.39, 0.29) is 5.91 Å². The zero-order chi connectivity index (χ0) is 20.9. The molecule has 0 unspecified atom stereocenters. The molecular formula is C24H22N4O2. The maximum Gasteiger partial charge on any atom is 0.289 e.